The number of piperazine rings is 2. The second-order valence-electron chi connectivity index (χ2n) is 10.7. The first-order chi connectivity index (χ1) is 18.7. The van der Waals surface area contributed by atoms with Crippen LogP contribution in [0.2, 0.25) is 0 Å². The zero-order chi connectivity index (χ0) is 28.5. The molecule has 3 rings (SSSR count). The van der Waals surface area contributed by atoms with Gasteiger partial charge in [-0.3, -0.25) is 9.69 Å². The van der Waals surface area contributed by atoms with Gasteiger partial charge in [-0.2, -0.15) is 0 Å². The molecule has 2 saturated heterocycles. The van der Waals surface area contributed by atoms with Crippen LogP contribution in [0.3, 0.4) is 0 Å². The lowest BCUT2D eigenvalue weighted by Crippen LogP contribution is -2.51. The largest absolute Gasteiger partial charge is 0.369 e. The normalized spacial score (nSPS) is 17.9. The first-order valence-corrected chi connectivity index (χ1v) is 14.1. The van der Waals surface area contributed by atoms with Crippen molar-refractivity contribution in [2.45, 2.75) is 48.1 Å². The van der Waals surface area contributed by atoms with Gasteiger partial charge >= 0.3 is 0 Å². The Bertz CT molecular complexity index is 1170. The molecule has 39 heavy (non-hydrogen) atoms. The van der Waals surface area contributed by atoms with Crippen LogP contribution in [0.15, 0.2) is 77.6 Å². The van der Waals surface area contributed by atoms with Crippen molar-refractivity contribution in [3.63, 3.8) is 0 Å². The van der Waals surface area contributed by atoms with Crippen LogP contribution < -0.4 is 0 Å². The molecule has 2 heterocycles. The standard InChI is InChI=1S/C33H47N5O/c1-9-11-12-31(25(3)4)36-16-14-35(15-17-36)24-29-23-30(28(8)22-27(29)7)33(39)38-20-18-37(19-21-38)32(26(5)6)34-13-10-2/h9-13,22-23H,3,5,14-21,24H2,1-2,4,6-8H3/b11-9-,13-10-,31-12+,34-32+. The number of carbonyl (C=O) groups excluding carboxylic acids is 1. The molecule has 6 heteroatoms. The molecule has 2 aliphatic heterocycles. The van der Waals surface area contributed by atoms with Gasteiger partial charge in [0.05, 0.1) is 0 Å². The molecule has 0 aromatic heterocycles. The van der Waals surface area contributed by atoms with E-state index in [1.807, 2.05) is 31.7 Å². The fourth-order valence-electron chi connectivity index (χ4n) is 5.29. The molecule has 1 aromatic carbocycles. The highest BCUT2D eigenvalue weighted by atomic mass is 16.2. The van der Waals surface area contributed by atoms with Crippen LogP contribution in [-0.4, -0.2) is 83.7 Å². The van der Waals surface area contributed by atoms with Crippen LogP contribution in [-0.2, 0) is 6.54 Å². The van der Waals surface area contributed by atoms with E-state index in [0.29, 0.717) is 13.1 Å². The molecule has 0 N–H and O–H groups in total. The van der Waals surface area contributed by atoms with Crippen molar-refractivity contribution in [3.8, 4) is 0 Å². The minimum absolute atomic E-state index is 0.126. The van der Waals surface area contributed by atoms with E-state index in [4.69, 9.17) is 0 Å². The van der Waals surface area contributed by atoms with Gasteiger partial charge in [-0.25, -0.2) is 4.99 Å². The molecular formula is C33H47N5O. The van der Waals surface area contributed by atoms with Crippen LogP contribution in [0, 0.1) is 13.8 Å². The van der Waals surface area contributed by atoms with Crippen molar-refractivity contribution in [1.29, 1.82) is 0 Å². The minimum Gasteiger partial charge on any atom is -0.369 e. The van der Waals surface area contributed by atoms with Crippen molar-refractivity contribution >= 4 is 11.7 Å². The second-order valence-corrected chi connectivity index (χ2v) is 10.7. The molecule has 0 atom stereocenters. The smallest absolute Gasteiger partial charge is 0.254 e. The number of hydrogen-bond acceptors (Lipinski definition) is 4. The van der Waals surface area contributed by atoms with Crippen molar-refractivity contribution < 1.29 is 4.79 Å². The minimum atomic E-state index is 0.126. The number of hydrogen-bond donors (Lipinski definition) is 0. The van der Waals surface area contributed by atoms with Gasteiger partial charge in [0.2, 0.25) is 0 Å². The lowest BCUT2D eigenvalue weighted by atomic mass is 9.98. The summed E-state index contributed by atoms with van der Waals surface area (Å²) in [5, 5.41) is 0. The average molecular weight is 530 g/mol. The summed E-state index contributed by atoms with van der Waals surface area (Å²) in [5.74, 6) is 1.03. The van der Waals surface area contributed by atoms with E-state index < -0.39 is 0 Å². The molecule has 6 nitrogen and oxygen atoms in total. The van der Waals surface area contributed by atoms with Crippen LogP contribution in [0.4, 0.5) is 0 Å². The lowest BCUT2D eigenvalue weighted by Gasteiger charge is -2.38. The zero-order valence-corrected chi connectivity index (χ0v) is 25.0. The highest BCUT2D eigenvalue weighted by Crippen LogP contribution is 2.23. The number of nitrogens with zero attached hydrogens (tertiary/aromatic N) is 5. The van der Waals surface area contributed by atoms with Crippen LogP contribution in [0.25, 0.3) is 0 Å². The number of allylic oxidation sites excluding steroid dienone is 5. The molecule has 0 aliphatic carbocycles. The summed E-state index contributed by atoms with van der Waals surface area (Å²) in [6, 6.07) is 4.32. The van der Waals surface area contributed by atoms with E-state index in [0.717, 1.165) is 73.9 Å². The predicted octanol–water partition coefficient (Wildman–Crippen LogP) is 5.72. The summed E-state index contributed by atoms with van der Waals surface area (Å²) < 4.78 is 0. The molecule has 0 unspecified atom stereocenters. The average Bonchev–Trinajstić information content (AvgIpc) is 2.91. The fraction of sp³-hybridized carbons (Fsp3) is 0.455. The van der Waals surface area contributed by atoms with Gasteiger partial charge in [-0.05, 0) is 81.5 Å². The first-order valence-electron chi connectivity index (χ1n) is 14.1. The van der Waals surface area contributed by atoms with Gasteiger partial charge in [0.1, 0.15) is 5.84 Å². The summed E-state index contributed by atoms with van der Waals surface area (Å²) in [6.07, 6.45) is 10.0. The van der Waals surface area contributed by atoms with Gasteiger partial charge in [0.25, 0.3) is 5.91 Å². The van der Waals surface area contributed by atoms with Gasteiger partial charge < -0.3 is 14.7 Å². The third-order valence-electron chi connectivity index (χ3n) is 7.50. The highest BCUT2D eigenvalue weighted by molar-refractivity contribution is 5.98. The third kappa shape index (κ3) is 7.82. The number of benzene rings is 1. The van der Waals surface area contributed by atoms with E-state index in [-0.39, 0.29) is 5.91 Å². The molecule has 0 bridgehead atoms. The van der Waals surface area contributed by atoms with E-state index in [1.165, 1.54) is 16.8 Å². The Morgan fingerprint density at radius 3 is 2.03 bits per heavy atom. The first kappa shape index (κ1) is 30.2. The SMILES string of the molecule is C=C(C)/C(=C\C=C/C)N1CCN(Cc2cc(C(=O)N3CCN(/C(=N/C=C\C)C(=C)C)CC3)c(C)cc2C)CC1. The molecular weight excluding hydrogens is 482 g/mol. The van der Waals surface area contributed by atoms with E-state index in [1.54, 1.807) is 6.20 Å². The Morgan fingerprint density at radius 2 is 1.46 bits per heavy atom. The van der Waals surface area contributed by atoms with Crippen molar-refractivity contribution in [2.75, 3.05) is 52.4 Å². The number of amides is 1. The van der Waals surface area contributed by atoms with Gasteiger partial charge in [0, 0.05) is 76.4 Å². The predicted molar refractivity (Wildman–Crippen MR) is 165 cm³/mol. The summed E-state index contributed by atoms with van der Waals surface area (Å²) in [4.78, 5) is 27.3. The van der Waals surface area contributed by atoms with E-state index >= 15 is 0 Å². The topological polar surface area (TPSA) is 42.4 Å². The zero-order valence-electron chi connectivity index (χ0n) is 25.0. The molecule has 0 radical (unpaired) electrons. The molecule has 2 fully saturated rings. The quantitative estimate of drug-likeness (QED) is 0.245. The van der Waals surface area contributed by atoms with Crippen LogP contribution in [0.5, 0.6) is 0 Å². The maximum Gasteiger partial charge on any atom is 0.254 e. The fourth-order valence-corrected chi connectivity index (χ4v) is 5.29. The maximum atomic E-state index is 13.6. The number of aliphatic imine (C=N–C) groups is 1. The Labute approximate surface area is 236 Å². The third-order valence-corrected chi connectivity index (χ3v) is 7.50. The Balaban J connectivity index is 1.66. The van der Waals surface area contributed by atoms with Crippen molar-refractivity contribution in [2.24, 2.45) is 4.99 Å². The van der Waals surface area contributed by atoms with Gasteiger partial charge in [-0.15, -0.1) is 0 Å². The molecule has 1 amide bonds. The van der Waals surface area contributed by atoms with Crippen molar-refractivity contribution in [3.05, 3.63) is 94.9 Å². The monoisotopic (exact) mass is 529 g/mol. The van der Waals surface area contributed by atoms with Gasteiger partial charge in [-0.1, -0.05) is 37.5 Å². The number of carbonyl (C=O) groups is 1. The summed E-state index contributed by atoms with van der Waals surface area (Å²) >= 11 is 0. The molecule has 2 aliphatic rings. The second kappa shape index (κ2) is 14.1. The Kier molecular flexibility index (Phi) is 10.9. The van der Waals surface area contributed by atoms with Crippen molar-refractivity contribution in [1.82, 2.24) is 19.6 Å². The summed E-state index contributed by atoms with van der Waals surface area (Å²) in [7, 11) is 0. The molecule has 0 spiro atoms. The summed E-state index contributed by atoms with van der Waals surface area (Å²) in [5.41, 5.74) is 7.62. The Hall–Kier alpha value is -3.38. The Morgan fingerprint density at radius 1 is 0.846 bits per heavy atom. The van der Waals surface area contributed by atoms with Crippen LogP contribution in [0.1, 0.15) is 54.7 Å². The summed E-state index contributed by atoms with van der Waals surface area (Å²) in [6.45, 7) is 28.2. The van der Waals surface area contributed by atoms with Gasteiger partial charge in [0.15, 0.2) is 0 Å². The number of aryl methyl sites for hydroxylation is 2. The lowest BCUT2D eigenvalue weighted by molar-refractivity contribution is 0.0691. The number of amidine groups is 1. The maximum absolute atomic E-state index is 13.6. The van der Waals surface area contributed by atoms with E-state index in [2.05, 4.69) is 84.0 Å². The highest BCUT2D eigenvalue weighted by Gasteiger charge is 2.26. The molecule has 210 valence electrons. The van der Waals surface area contributed by atoms with Crippen LogP contribution >= 0.6 is 0 Å². The number of rotatable bonds is 8. The molecule has 0 saturated carbocycles. The van der Waals surface area contributed by atoms with E-state index in [9.17, 15) is 4.79 Å². The molecule has 1 aromatic rings.